The zero-order valence-corrected chi connectivity index (χ0v) is 22.7. The minimum absolute atomic E-state index is 0.108. The number of hydrogen-bond donors (Lipinski definition) is 2. The first-order chi connectivity index (χ1) is 18.2. The molecule has 39 heavy (non-hydrogen) atoms. The summed E-state index contributed by atoms with van der Waals surface area (Å²) < 4.78 is 23.2. The number of aliphatic hydroxyl groups is 2. The summed E-state index contributed by atoms with van der Waals surface area (Å²) in [4.78, 5) is 54.7. The number of carbonyl (C=O) groups excluding carboxylic acids is 4. The van der Waals surface area contributed by atoms with Crippen LogP contribution in [0.5, 0.6) is 0 Å². The molecule has 1 spiro atoms. The van der Waals surface area contributed by atoms with Crippen LogP contribution in [0.2, 0.25) is 0 Å². The third-order valence-electron chi connectivity index (χ3n) is 12.1. The summed E-state index contributed by atoms with van der Waals surface area (Å²) in [7, 11) is 1.53. The van der Waals surface area contributed by atoms with E-state index in [9.17, 15) is 29.4 Å². The molecule has 3 heterocycles. The smallest absolute Gasteiger partial charge is 0.343 e. The van der Waals surface area contributed by atoms with E-state index in [-0.39, 0.29) is 31.5 Å². The highest BCUT2D eigenvalue weighted by Gasteiger charge is 2.93. The molecule has 0 aromatic heterocycles. The monoisotopic (exact) mass is 542 g/mol. The lowest BCUT2D eigenvalue weighted by Gasteiger charge is -2.64. The van der Waals surface area contributed by atoms with Gasteiger partial charge >= 0.3 is 17.9 Å². The molecule has 0 unspecified atom stereocenters. The van der Waals surface area contributed by atoms with Crippen molar-refractivity contribution in [1.82, 2.24) is 0 Å². The van der Waals surface area contributed by atoms with Crippen LogP contribution in [0.3, 0.4) is 0 Å². The number of ether oxygens (including phenoxy) is 4. The van der Waals surface area contributed by atoms with Crippen LogP contribution in [0.25, 0.3) is 0 Å². The summed E-state index contributed by atoms with van der Waals surface area (Å²) in [6.07, 6.45) is 4.32. The molecule has 0 amide bonds. The molecule has 210 valence electrons. The third kappa shape index (κ3) is 2.37. The summed E-state index contributed by atoms with van der Waals surface area (Å²) in [5.74, 6) is -6.13. The van der Waals surface area contributed by atoms with Gasteiger partial charge in [0.2, 0.25) is 11.2 Å². The zero-order chi connectivity index (χ0) is 28.1. The molecule has 4 bridgehead atoms. The molecular formula is C29H34O10. The number of allylic oxidation sites excluding steroid dienone is 2. The Morgan fingerprint density at radius 2 is 1.77 bits per heavy atom. The van der Waals surface area contributed by atoms with Gasteiger partial charge in [-0.05, 0) is 50.0 Å². The van der Waals surface area contributed by atoms with Crippen LogP contribution in [-0.2, 0) is 38.1 Å². The molecule has 0 aromatic carbocycles. The summed E-state index contributed by atoms with van der Waals surface area (Å²) in [5.41, 5.74) is -9.80. The quantitative estimate of drug-likeness (QED) is 0.366. The third-order valence-corrected chi connectivity index (χ3v) is 12.1. The van der Waals surface area contributed by atoms with Gasteiger partial charge in [-0.1, -0.05) is 32.1 Å². The zero-order valence-electron chi connectivity index (χ0n) is 22.7. The molecule has 10 heteroatoms. The molecule has 2 N–H and O–H groups in total. The Bertz CT molecular complexity index is 1320. The van der Waals surface area contributed by atoms with Gasteiger partial charge < -0.3 is 29.2 Å². The van der Waals surface area contributed by atoms with E-state index in [0.29, 0.717) is 5.57 Å². The molecule has 0 radical (unpaired) electrons. The van der Waals surface area contributed by atoms with Crippen LogP contribution >= 0.6 is 0 Å². The van der Waals surface area contributed by atoms with Gasteiger partial charge in [0.1, 0.15) is 11.9 Å². The predicted octanol–water partition coefficient (Wildman–Crippen LogP) is 1.16. The Morgan fingerprint density at radius 1 is 1.05 bits per heavy atom. The number of esters is 3. The van der Waals surface area contributed by atoms with E-state index >= 15 is 0 Å². The van der Waals surface area contributed by atoms with Crippen LogP contribution < -0.4 is 0 Å². The number of fused-ring (bicyclic) bond motifs is 7. The first-order valence-electron chi connectivity index (χ1n) is 13.7. The molecule has 4 aliphatic carbocycles. The second-order valence-electron chi connectivity index (χ2n) is 13.4. The second-order valence-corrected chi connectivity index (χ2v) is 13.4. The van der Waals surface area contributed by atoms with Gasteiger partial charge in [-0.3, -0.25) is 9.59 Å². The topological polar surface area (TPSA) is 146 Å². The molecule has 7 aliphatic rings. The van der Waals surface area contributed by atoms with Crippen LogP contribution in [-0.4, -0.2) is 75.6 Å². The van der Waals surface area contributed by atoms with Gasteiger partial charge in [0.05, 0.1) is 23.4 Å². The number of rotatable bonds is 1. The Balaban J connectivity index is 1.53. The summed E-state index contributed by atoms with van der Waals surface area (Å²) >= 11 is 0. The molecular weight excluding hydrogens is 508 g/mol. The van der Waals surface area contributed by atoms with E-state index < -0.39 is 87.0 Å². The fraction of sp³-hybridized carbons (Fsp3) is 0.724. The highest BCUT2D eigenvalue weighted by molar-refractivity contribution is 5.95. The highest BCUT2D eigenvalue weighted by Crippen LogP contribution is 2.74. The Morgan fingerprint density at radius 3 is 2.46 bits per heavy atom. The van der Waals surface area contributed by atoms with Gasteiger partial charge in [0, 0.05) is 19.4 Å². The van der Waals surface area contributed by atoms with Gasteiger partial charge in [0.15, 0.2) is 11.2 Å². The maximum Gasteiger partial charge on any atom is 0.343 e. The molecule has 5 fully saturated rings. The Kier molecular flexibility index (Phi) is 4.57. The fourth-order valence-corrected chi connectivity index (χ4v) is 9.81. The van der Waals surface area contributed by atoms with Crippen molar-refractivity contribution in [3.05, 3.63) is 23.8 Å². The standard InChI is InChI=1S/C29H34O10/c1-13-20(31)37-19-12-24(13,2)21-28(35)17-7-6-14-10-15(36-5)11-18(30)25(14,3)16(17)8-9-27(34)22(32)38-26(19,4)29(21,27)39-23(28)33/h6-7,10,13,15-17,19,21,34-35H,8-9,11-12H2,1-5H3/t13-,15-,16+,17-,19-,21-,24-,25+,26+,27-,28+,29+/m1/s1. The highest BCUT2D eigenvalue weighted by atomic mass is 16.7. The van der Waals surface area contributed by atoms with Crippen molar-refractivity contribution in [1.29, 1.82) is 0 Å². The lowest BCUT2D eigenvalue weighted by atomic mass is 9.40. The van der Waals surface area contributed by atoms with Gasteiger partial charge in [-0.15, -0.1) is 0 Å². The molecule has 7 rings (SSSR count). The molecule has 3 aliphatic heterocycles. The first-order valence-corrected chi connectivity index (χ1v) is 13.7. The van der Waals surface area contributed by atoms with Crippen LogP contribution in [0.15, 0.2) is 23.8 Å². The van der Waals surface area contributed by atoms with Crippen LogP contribution in [0, 0.1) is 34.5 Å². The first kappa shape index (κ1) is 25.4. The number of hydrogen-bond acceptors (Lipinski definition) is 10. The molecule has 2 saturated carbocycles. The largest absolute Gasteiger partial charge is 0.458 e. The van der Waals surface area contributed by atoms with E-state index in [1.807, 2.05) is 6.08 Å². The average Bonchev–Trinajstić information content (AvgIpc) is 3.23. The van der Waals surface area contributed by atoms with Crippen molar-refractivity contribution in [2.24, 2.45) is 34.5 Å². The maximum atomic E-state index is 14.1. The Labute approximate surface area is 225 Å². The van der Waals surface area contributed by atoms with Gasteiger partial charge in [0.25, 0.3) is 0 Å². The SMILES string of the molecule is CO[C@@H]1C=C2C=C[C@@H]3[C@H](CC[C@@]4(O)C(=O)O[C@@]5(C)[C@H]6C[C@](C)([C@H](C)C(=O)O6)[C@@H]6[C@]3(O)C(=O)O[C@]645)[C@@]2(C)C(=O)C1. The minimum Gasteiger partial charge on any atom is -0.458 e. The van der Waals surface area contributed by atoms with Crippen molar-refractivity contribution < 1.29 is 48.3 Å². The summed E-state index contributed by atoms with van der Waals surface area (Å²) in [5, 5.41) is 25.2. The van der Waals surface area contributed by atoms with Crippen molar-refractivity contribution in [3.8, 4) is 0 Å². The van der Waals surface area contributed by atoms with Crippen molar-refractivity contribution in [2.75, 3.05) is 7.11 Å². The van der Waals surface area contributed by atoms with Crippen LogP contribution in [0.1, 0.15) is 53.4 Å². The lowest BCUT2D eigenvalue weighted by Crippen LogP contribution is -2.80. The van der Waals surface area contributed by atoms with Crippen LogP contribution in [0.4, 0.5) is 0 Å². The Hall–Kier alpha value is -2.56. The lowest BCUT2D eigenvalue weighted by molar-refractivity contribution is -0.303. The van der Waals surface area contributed by atoms with E-state index in [0.717, 1.165) is 0 Å². The normalized spacial score (nSPS) is 56.7. The van der Waals surface area contributed by atoms with E-state index in [2.05, 4.69) is 0 Å². The second kappa shape index (κ2) is 7.01. The van der Waals surface area contributed by atoms with Gasteiger partial charge in [-0.25, -0.2) is 9.59 Å². The number of carbonyl (C=O) groups is 4. The molecule has 12 atom stereocenters. The van der Waals surface area contributed by atoms with Crippen molar-refractivity contribution in [3.63, 3.8) is 0 Å². The van der Waals surface area contributed by atoms with Gasteiger partial charge in [-0.2, -0.15) is 0 Å². The minimum atomic E-state index is -2.32. The van der Waals surface area contributed by atoms with E-state index in [4.69, 9.17) is 18.9 Å². The maximum absolute atomic E-state index is 14.1. The average molecular weight is 543 g/mol. The number of Topliss-reactive ketones (excluding diaryl/α,β-unsaturated/α-hetero) is 1. The van der Waals surface area contributed by atoms with E-state index in [1.165, 1.54) is 14.0 Å². The summed E-state index contributed by atoms with van der Waals surface area (Å²) in [6, 6.07) is 0. The molecule has 10 nitrogen and oxygen atoms in total. The number of methoxy groups -OCH3 is 1. The fourth-order valence-electron chi connectivity index (χ4n) is 9.81. The molecule has 0 aromatic rings. The van der Waals surface area contributed by atoms with Crippen molar-refractivity contribution in [2.45, 2.75) is 88.0 Å². The van der Waals surface area contributed by atoms with Crippen molar-refractivity contribution >= 4 is 23.7 Å². The van der Waals surface area contributed by atoms with E-state index in [1.54, 1.807) is 32.9 Å². The predicted molar refractivity (Wildman–Crippen MR) is 130 cm³/mol. The number of ketones is 1. The molecule has 3 saturated heterocycles. The summed E-state index contributed by atoms with van der Waals surface area (Å²) in [6.45, 7) is 6.79.